The van der Waals surface area contributed by atoms with Gasteiger partial charge in [-0.25, -0.2) is 0 Å². The smallest absolute Gasteiger partial charge is 0.418 e. The molecule has 0 aliphatic carbocycles. The lowest BCUT2D eigenvalue weighted by molar-refractivity contribution is -0.684. The van der Waals surface area contributed by atoms with Gasteiger partial charge in [0.05, 0.1) is 0 Å². The lowest BCUT2D eigenvalue weighted by Crippen LogP contribution is -2.41. The molecule has 0 aliphatic rings. The predicted molar refractivity (Wildman–Crippen MR) is 54.5 cm³/mol. The summed E-state index contributed by atoms with van der Waals surface area (Å²) in [6, 6.07) is 3.20. The largest absolute Gasteiger partial charge is 0.673 e. The number of carbonyl (C=O) groups is 2. The van der Waals surface area contributed by atoms with Crippen molar-refractivity contribution < 1.29 is 31.4 Å². The molecule has 0 aromatic carbocycles. The molecule has 18 heavy (non-hydrogen) atoms. The van der Waals surface area contributed by atoms with Gasteiger partial charge in [-0.3, -0.25) is 9.59 Å². The van der Waals surface area contributed by atoms with Gasteiger partial charge in [-0.2, -0.15) is 4.57 Å². The molecule has 0 atom stereocenters. The van der Waals surface area contributed by atoms with Crippen LogP contribution in [0.15, 0.2) is 24.5 Å². The number of carbonyl (C=O) groups excluding carboxylic acids is 2. The Bertz CT molecular complexity index is 433. The minimum Gasteiger partial charge on any atom is -0.418 e. The average Bonchev–Trinajstić information content (AvgIpc) is 2.14. The van der Waals surface area contributed by atoms with Gasteiger partial charge >= 0.3 is 7.25 Å². The van der Waals surface area contributed by atoms with Crippen molar-refractivity contribution in [2.45, 2.75) is 6.54 Å². The Morgan fingerprint density at radius 1 is 1.22 bits per heavy atom. The summed E-state index contributed by atoms with van der Waals surface area (Å²) in [6.45, 7) is 0.0428. The molecular weight excluding hydrogens is 257 g/mol. The van der Waals surface area contributed by atoms with E-state index in [2.05, 4.69) is 0 Å². The van der Waals surface area contributed by atoms with E-state index < -0.39 is 19.1 Å². The van der Waals surface area contributed by atoms with Crippen LogP contribution in [0.25, 0.3) is 0 Å². The Morgan fingerprint density at radius 3 is 2.11 bits per heavy atom. The Kier molecular flexibility index (Phi) is 5.80. The number of amides is 2. The number of rotatable bonds is 3. The summed E-state index contributed by atoms with van der Waals surface area (Å²) < 4.78 is 40.5. The van der Waals surface area contributed by atoms with Crippen molar-refractivity contribution in [3.8, 4) is 0 Å². The fourth-order valence-corrected chi connectivity index (χ4v) is 0.946. The van der Waals surface area contributed by atoms with E-state index >= 15 is 0 Å². The molecule has 4 N–H and O–H groups in total. The number of halogens is 4. The molecule has 5 nitrogen and oxygen atoms in total. The molecule has 0 radical (unpaired) electrons. The van der Waals surface area contributed by atoms with Gasteiger partial charge < -0.3 is 28.7 Å². The first-order valence-corrected chi connectivity index (χ1v) is 4.54. The summed E-state index contributed by atoms with van der Waals surface area (Å²) in [6.07, 6.45) is 3.12. The summed E-state index contributed by atoms with van der Waals surface area (Å²) in [5, 5.41) is 0. The summed E-state index contributed by atoms with van der Waals surface area (Å²) in [7, 11) is -6.00. The Morgan fingerprint density at radius 2 is 1.72 bits per heavy atom. The highest BCUT2D eigenvalue weighted by Gasteiger charge is 2.20. The molecule has 0 aliphatic heterocycles. The highest BCUT2D eigenvalue weighted by molar-refractivity contribution is 6.50. The number of hydrogen-bond donors (Lipinski definition) is 2. The molecule has 0 bridgehead atoms. The molecule has 0 saturated heterocycles. The average molecular weight is 267 g/mol. The maximum Gasteiger partial charge on any atom is 0.673 e. The van der Waals surface area contributed by atoms with Gasteiger partial charge in [-0.1, -0.05) is 0 Å². The number of hydrogen-bond acceptors (Lipinski definition) is 2. The Hall–Kier alpha value is -2.13. The number of pyridine rings is 1. The molecule has 0 spiro atoms. The summed E-state index contributed by atoms with van der Waals surface area (Å²) in [4.78, 5) is 21.3. The summed E-state index contributed by atoms with van der Waals surface area (Å²) in [5.74, 6) is -0.995. The zero-order chi connectivity index (χ0) is 14.3. The zero-order valence-corrected chi connectivity index (χ0v) is 9.02. The van der Waals surface area contributed by atoms with E-state index in [9.17, 15) is 26.9 Å². The summed E-state index contributed by atoms with van der Waals surface area (Å²) in [5.41, 5.74) is 10.4. The van der Waals surface area contributed by atoms with Crippen LogP contribution in [0, 0.1) is 0 Å². The fourth-order valence-electron chi connectivity index (χ4n) is 0.946. The maximum absolute atomic E-state index is 10.7. The van der Waals surface area contributed by atoms with Crippen LogP contribution in [-0.4, -0.2) is 19.1 Å². The number of aromatic nitrogens is 1. The van der Waals surface area contributed by atoms with E-state index in [0.717, 1.165) is 0 Å². The standard InChI is InChI=1S/C8H9N3O2.BF4/c9-7(12)5-11-3-1-2-6(4-11)8(10)13;2-1(3,4)5/h1-4H,5H2,(H3-,9,10,12,13);/q;-1/p+1. The number of nitrogens with zero attached hydrogens (tertiary/aromatic N) is 1. The van der Waals surface area contributed by atoms with Gasteiger partial charge in [0.2, 0.25) is 6.54 Å². The van der Waals surface area contributed by atoms with Crippen molar-refractivity contribution in [3.63, 3.8) is 0 Å². The third-order valence-corrected chi connectivity index (χ3v) is 1.48. The molecule has 1 aromatic rings. The van der Waals surface area contributed by atoms with Crippen LogP contribution in [0.3, 0.4) is 0 Å². The van der Waals surface area contributed by atoms with Gasteiger partial charge in [0.25, 0.3) is 11.8 Å². The Labute approximate surface area is 99.5 Å². The normalized spacial score (nSPS) is 10.2. The number of primary amides is 2. The van der Waals surface area contributed by atoms with Crippen molar-refractivity contribution in [2.24, 2.45) is 11.5 Å². The topological polar surface area (TPSA) is 90.1 Å². The van der Waals surface area contributed by atoms with Gasteiger partial charge in [0.1, 0.15) is 5.56 Å². The van der Waals surface area contributed by atoms with E-state index in [0.29, 0.717) is 5.56 Å². The van der Waals surface area contributed by atoms with Gasteiger partial charge in [0.15, 0.2) is 12.4 Å². The minimum atomic E-state index is -6.00. The fraction of sp³-hybridized carbons (Fsp3) is 0.125. The molecule has 0 saturated carbocycles. The molecule has 0 fully saturated rings. The van der Waals surface area contributed by atoms with Crippen LogP contribution >= 0.6 is 0 Å². The maximum atomic E-state index is 10.7. The van der Waals surface area contributed by atoms with Crippen LogP contribution in [-0.2, 0) is 11.3 Å². The van der Waals surface area contributed by atoms with Crippen molar-refractivity contribution >= 4 is 19.1 Å². The quantitative estimate of drug-likeness (QED) is 0.453. The first-order valence-electron chi connectivity index (χ1n) is 4.54. The van der Waals surface area contributed by atoms with Crippen molar-refractivity contribution in [2.75, 3.05) is 0 Å². The second kappa shape index (κ2) is 6.57. The second-order valence-electron chi connectivity index (χ2n) is 3.09. The molecule has 1 rings (SSSR count). The lowest BCUT2D eigenvalue weighted by atomic mass is 10.3. The Balaban J connectivity index is 0.000000494. The van der Waals surface area contributed by atoms with E-state index in [1.165, 1.54) is 10.8 Å². The summed E-state index contributed by atoms with van der Waals surface area (Å²) >= 11 is 0. The van der Waals surface area contributed by atoms with E-state index in [1.54, 1.807) is 18.3 Å². The zero-order valence-electron chi connectivity index (χ0n) is 9.02. The monoisotopic (exact) mass is 267 g/mol. The molecule has 0 unspecified atom stereocenters. The van der Waals surface area contributed by atoms with Crippen LogP contribution in [0.2, 0.25) is 0 Å². The van der Waals surface area contributed by atoms with E-state index in [4.69, 9.17) is 11.5 Å². The highest BCUT2D eigenvalue weighted by atomic mass is 19.5. The van der Waals surface area contributed by atoms with Gasteiger partial charge in [-0.15, -0.1) is 0 Å². The minimum absolute atomic E-state index is 0.0428. The van der Waals surface area contributed by atoms with E-state index in [1.807, 2.05) is 0 Å². The third kappa shape index (κ3) is 9.13. The van der Waals surface area contributed by atoms with Gasteiger partial charge in [0, 0.05) is 6.07 Å². The first kappa shape index (κ1) is 15.9. The van der Waals surface area contributed by atoms with Crippen molar-refractivity contribution in [1.29, 1.82) is 0 Å². The SMILES string of the molecule is F[B-](F)(F)F.NC(=O)C[n+]1cccc(C(N)=O)c1. The molecule has 10 heteroatoms. The van der Waals surface area contributed by atoms with E-state index in [-0.39, 0.29) is 6.54 Å². The van der Waals surface area contributed by atoms with Crippen LogP contribution in [0.4, 0.5) is 17.3 Å². The molecule has 2 amide bonds. The molecule has 100 valence electrons. The first-order chi connectivity index (χ1) is 8.09. The lowest BCUT2D eigenvalue weighted by Gasteiger charge is -1.94. The predicted octanol–water partition coefficient (Wildman–Crippen LogP) is -0.142. The highest BCUT2D eigenvalue weighted by Crippen LogP contribution is 2.06. The third-order valence-electron chi connectivity index (χ3n) is 1.48. The molecular formula is C8H10BF4N3O2. The van der Waals surface area contributed by atoms with Crippen LogP contribution in [0.1, 0.15) is 10.4 Å². The number of nitrogens with two attached hydrogens (primary N) is 2. The van der Waals surface area contributed by atoms with Crippen LogP contribution < -0.4 is 16.0 Å². The second-order valence-corrected chi connectivity index (χ2v) is 3.09. The van der Waals surface area contributed by atoms with Gasteiger partial charge in [-0.05, 0) is 6.07 Å². The van der Waals surface area contributed by atoms with Crippen molar-refractivity contribution in [1.82, 2.24) is 0 Å². The molecule has 1 aromatic heterocycles. The van der Waals surface area contributed by atoms with Crippen LogP contribution in [0.5, 0.6) is 0 Å². The van der Waals surface area contributed by atoms with Crippen molar-refractivity contribution in [3.05, 3.63) is 30.1 Å². The molecule has 1 heterocycles.